The van der Waals surface area contributed by atoms with Gasteiger partial charge in [0.05, 0.1) is 13.2 Å². The molecule has 3 rings (SSSR count). The van der Waals surface area contributed by atoms with Crippen molar-refractivity contribution in [3.05, 3.63) is 28.2 Å². The molecule has 0 aromatic heterocycles. The van der Waals surface area contributed by atoms with E-state index in [2.05, 4.69) is 51.3 Å². The predicted octanol–water partition coefficient (Wildman–Crippen LogP) is 2.93. The van der Waals surface area contributed by atoms with E-state index in [1.807, 2.05) is 0 Å². The van der Waals surface area contributed by atoms with Gasteiger partial charge in [-0.2, -0.15) is 0 Å². The van der Waals surface area contributed by atoms with Crippen LogP contribution < -0.4 is 10.2 Å². The smallest absolute Gasteiger partial charge is 0.0668 e. The topological polar surface area (TPSA) is 24.5 Å². The van der Waals surface area contributed by atoms with Crippen LogP contribution in [0.25, 0.3) is 0 Å². The lowest BCUT2D eigenvalue weighted by atomic mass is 10.1. The van der Waals surface area contributed by atoms with Gasteiger partial charge in [0.15, 0.2) is 0 Å². The van der Waals surface area contributed by atoms with Crippen LogP contribution in [-0.2, 0) is 11.3 Å². The summed E-state index contributed by atoms with van der Waals surface area (Å²) in [4.78, 5) is 2.47. The molecule has 0 radical (unpaired) electrons. The van der Waals surface area contributed by atoms with Crippen molar-refractivity contribution >= 4 is 21.6 Å². The third-order valence-corrected chi connectivity index (χ3v) is 4.38. The molecule has 1 N–H and O–H groups in total. The molecule has 1 saturated carbocycles. The van der Waals surface area contributed by atoms with Crippen molar-refractivity contribution < 1.29 is 4.74 Å². The van der Waals surface area contributed by atoms with Gasteiger partial charge in [-0.1, -0.05) is 22.0 Å². The van der Waals surface area contributed by atoms with E-state index in [4.69, 9.17) is 4.74 Å². The highest BCUT2D eigenvalue weighted by Crippen LogP contribution is 2.29. The van der Waals surface area contributed by atoms with Crippen molar-refractivity contribution in [3.8, 4) is 0 Å². The number of benzene rings is 1. The summed E-state index contributed by atoms with van der Waals surface area (Å²) in [5.74, 6) is 0. The molecule has 4 heteroatoms. The molecular weight excluding hydrogens is 304 g/mol. The van der Waals surface area contributed by atoms with Gasteiger partial charge in [0.25, 0.3) is 0 Å². The minimum Gasteiger partial charge on any atom is -0.377 e. The second-order valence-electron chi connectivity index (χ2n) is 5.55. The molecule has 2 aliphatic rings. The zero-order valence-electron chi connectivity index (χ0n) is 11.4. The molecule has 1 aromatic carbocycles. The second-order valence-corrected chi connectivity index (χ2v) is 6.46. The first-order valence-electron chi connectivity index (χ1n) is 7.10. The van der Waals surface area contributed by atoms with Crippen LogP contribution in [-0.4, -0.2) is 31.8 Å². The Kier molecular flexibility index (Phi) is 4.10. The van der Waals surface area contributed by atoms with E-state index < -0.39 is 0 Å². The van der Waals surface area contributed by atoms with Crippen molar-refractivity contribution in [2.45, 2.75) is 38.4 Å². The van der Waals surface area contributed by atoms with E-state index in [0.717, 1.165) is 36.8 Å². The molecular formula is C15H21BrN2O. The lowest BCUT2D eigenvalue weighted by molar-refractivity contribution is 0.0988. The number of rotatable bonds is 4. The van der Waals surface area contributed by atoms with Gasteiger partial charge in [0, 0.05) is 35.3 Å². The van der Waals surface area contributed by atoms with Crippen LogP contribution in [0.4, 0.5) is 5.69 Å². The summed E-state index contributed by atoms with van der Waals surface area (Å²) in [6.07, 6.45) is 2.67. The Labute approximate surface area is 123 Å². The SMILES string of the molecule is CC1COCCN1c1cc(Br)ccc1CNC1CC1. The standard InChI is InChI=1S/C15H21BrN2O/c1-11-10-19-7-6-18(11)15-8-13(16)3-2-12(15)9-17-14-4-5-14/h2-3,8,11,14,17H,4-7,9-10H2,1H3. The maximum Gasteiger partial charge on any atom is 0.0668 e. The van der Waals surface area contributed by atoms with E-state index in [1.165, 1.54) is 24.1 Å². The maximum atomic E-state index is 5.54. The van der Waals surface area contributed by atoms with Crippen LogP contribution in [0.3, 0.4) is 0 Å². The Morgan fingerprint density at radius 2 is 2.26 bits per heavy atom. The second kappa shape index (κ2) is 5.81. The van der Waals surface area contributed by atoms with E-state index in [1.54, 1.807) is 0 Å². The highest BCUT2D eigenvalue weighted by Gasteiger charge is 2.24. The van der Waals surface area contributed by atoms with Gasteiger partial charge in [-0.15, -0.1) is 0 Å². The van der Waals surface area contributed by atoms with Crippen molar-refractivity contribution in [2.75, 3.05) is 24.7 Å². The largest absolute Gasteiger partial charge is 0.377 e. The summed E-state index contributed by atoms with van der Waals surface area (Å²) in [6.45, 7) is 5.83. The summed E-state index contributed by atoms with van der Waals surface area (Å²) >= 11 is 3.60. The van der Waals surface area contributed by atoms with Gasteiger partial charge in [-0.25, -0.2) is 0 Å². The van der Waals surface area contributed by atoms with E-state index in [0.29, 0.717) is 6.04 Å². The Balaban J connectivity index is 1.81. The molecule has 1 aromatic rings. The average molecular weight is 325 g/mol. The Bertz CT molecular complexity index is 448. The number of nitrogens with zero attached hydrogens (tertiary/aromatic N) is 1. The fourth-order valence-corrected chi connectivity index (χ4v) is 2.93. The molecule has 3 nitrogen and oxygen atoms in total. The first kappa shape index (κ1) is 13.4. The number of halogens is 1. The Morgan fingerprint density at radius 3 is 3.00 bits per heavy atom. The van der Waals surface area contributed by atoms with Gasteiger partial charge in [-0.3, -0.25) is 0 Å². The number of anilines is 1. The molecule has 2 fully saturated rings. The van der Waals surface area contributed by atoms with Gasteiger partial charge in [0.1, 0.15) is 0 Å². The lowest BCUT2D eigenvalue weighted by Crippen LogP contribution is -2.44. The van der Waals surface area contributed by atoms with Crippen LogP contribution in [0.2, 0.25) is 0 Å². The maximum absolute atomic E-state index is 5.54. The highest BCUT2D eigenvalue weighted by molar-refractivity contribution is 9.10. The average Bonchev–Trinajstić information content (AvgIpc) is 3.22. The number of nitrogens with one attached hydrogen (secondary N) is 1. The normalized spacial score (nSPS) is 23.7. The minimum atomic E-state index is 0.447. The van der Waals surface area contributed by atoms with Gasteiger partial charge in [0.2, 0.25) is 0 Å². The van der Waals surface area contributed by atoms with Crippen LogP contribution in [0.5, 0.6) is 0 Å². The zero-order valence-corrected chi connectivity index (χ0v) is 12.9. The third kappa shape index (κ3) is 3.30. The summed E-state index contributed by atoms with van der Waals surface area (Å²) in [5, 5.41) is 3.61. The molecule has 1 aliphatic heterocycles. The van der Waals surface area contributed by atoms with Gasteiger partial charge < -0.3 is 15.0 Å². The summed E-state index contributed by atoms with van der Waals surface area (Å²) in [7, 11) is 0. The van der Waals surface area contributed by atoms with E-state index in [9.17, 15) is 0 Å². The monoisotopic (exact) mass is 324 g/mol. The fourth-order valence-electron chi connectivity index (χ4n) is 2.58. The van der Waals surface area contributed by atoms with Gasteiger partial charge in [-0.05, 0) is 37.5 Å². The Morgan fingerprint density at radius 1 is 1.42 bits per heavy atom. The van der Waals surface area contributed by atoms with Crippen molar-refractivity contribution in [3.63, 3.8) is 0 Å². The summed E-state index contributed by atoms with van der Waals surface area (Å²) in [6, 6.07) is 7.81. The number of ether oxygens (including phenoxy) is 1. The highest BCUT2D eigenvalue weighted by atomic mass is 79.9. The van der Waals surface area contributed by atoms with E-state index in [-0.39, 0.29) is 0 Å². The van der Waals surface area contributed by atoms with Crippen molar-refractivity contribution in [1.29, 1.82) is 0 Å². The third-order valence-electron chi connectivity index (χ3n) is 3.88. The predicted molar refractivity (Wildman–Crippen MR) is 81.6 cm³/mol. The van der Waals surface area contributed by atoms with Crippen LogP contribution in [0.1, 0.15) is 25.3 Å². The first-order valence-corrected chi connectivity index (χ1v) is 7.89. The first-order chi connectivity index (χ1) is 9.24. The Hall–Kier alpha value is -0.580. The molecule has 1 saturated heterocycles. The minimum absolute atomic E-state index is 0.447. The summed E-state index contributed by atoms with van der Waals surface area (Å²) < 4.78 is 6.69. The molecule has 0 amide bonds. The molecule has 104 valence electrons. The van der Waals surface area contributed by atoms with Crippen LogP contribution in [0.15, 0.2) is 22.7 Å². The number of hydrogen-bond donors (Lipinski definition) is 1. The quantitative estimate of drug-likeness (QED) is 0.921. The molecule has 19 heavy (non-hydrogen) atoms. The van der Waals surface area contributed by atoms with Gasteiger partial charge >= 0.3 is 0 Å². The molecule has 1 atom stereocenters. The molecule has 0 bridgehead atoms. The zero-order chi connectivity index (χ0) is 13.2. The summed E-state index contributed by atoms with van der Waals surface area (Å²) in [5.41, 5.74) is 2.74. The molecule has 0 spiro atoms. The van der Waals surface area contributed by atoms with Crippen LogP contribution >= 0.6 is 15.9 Å². The van der Waals surface area contributed by atoms with E-state index >= 15 is 0 Å². The number of hydrogen-bond acceptors (Lipinski definition) is 3. The van der Waals surface area contributed by atoms with Crippen molar-refractivity contribution in [2.24, 2.45) is 0 Å². The van der Waals surface area contributed by atoms with Crippen LogP contribution in [0, 0.1) is 0 Å². The molecule has 1 heterocycles. The molecule has 1 unspecified atom stereocenters. The van der Waals surface area contributed by atoms with Crippen molar-refractivity contribution in [1.82, 2.24) is 5.32 Å². The molecule has 1 aliphatic carbocycles. The lowest BCUT2D eigenvalue weighted by Gasteiger charge is -2.36. The fraction of sp³-hybridized carbons (Fsp3) is 0.600. The number of morpholine rings is 1.